The Morgan fingerprint density at radius 2 is 1.78 bits per heavy atom. The molecule has 0 amide bonds. The lowest BCUT2D eigenvalue weighted by molar-refractivity contribution is 0.0512. The lowest BCUT2D eigenvalue weighted by Gasteiger charge is -2.08. The van der Waals surface area contributed by atoms with Gasteiger partial charge in [0, 0.05) is 11.6 Å². The summed E-state index contributed by atoms with van der Waals surface area (Å²) in [5, 5.41) is 3.55. The van der Waals surface area contributed by atoms with Gasteiger partial charge in [-0.25, -0.2) is 9.18 Å². The molecule has 0 spiro atoms. The molecule has 0 saturated carbocycles. The van der Waals surface area contributed by atoms with Gasteiger partial charge in [-0.2, -0.15) is 0 Å². The number of rotatable bonds is 5. The van der Waals surface area contributed by atoms with Crippen molar-refractivity contribution in [3.05, 3.63) is 59.4 Å². The highest BCUT2D eigenvalue weighted by molar-refractivity contribution is 5.98. The number of carbonyl (C=O) groups excluding carboxylic acids is 1. The largest absolute Gasteiger partial charge is 0.497 e. The zero-order valence-corrected chi connectivity index (χ0v) is 12.6. The van der Waals surface area contributed by atoms with Crippen LogP contribution in [0.25, 0.3) is 0 Å². The second-order valence-electron chi connectivity index (χ2n) is 4.43. The summed E-state index contributed by atoms with van der Waals surface area (Å²) in [5.41, 5.74) is 6.29. The molecule has 0 aliphatic rings. The predicted octanol–water partition coefficient (Wildman–Crippen LogP) is 2.32. The number of hydrogen-bond acceptors (Lipinski definition) is 5. The number of carbonyl (C=O) groups is 1. The van der Waals surface area contributed by atoms with Gasteiger partial charge in [-0.1, -0.05) is 5.16 Å². The average molecular weight is 318 g/mol. The summed E-state index contributed by atoms with van der Waals surface area (Å²) >= 11 is 0. The van der Waals surface area contributed by atoms with E-state index in [0.717, 1.165) is 0 Å². The molecule has 0 bridgehead atoms. The molecule has 0 radical (unpaired) electrons. The maximum atomic E-state index is 12.8. The first-order chi connectivity index (χ1) is 11.0. The summed E-state index contributed by atoms with van der Waals surface area (Å²) in [6, 6.07) is 9.93. The summed E-state index contributed by atoms with van der Waals surface area (Å²) in [4.78, 5) is 16.8. The van der Waals surface area contributed by atoms with E-state index in [9.17, 15) is 9.18 Å². The van der Waals surface area contributed by atoms with Crippen LogP contribution in [0.5, 0.6) is 11.5 Å². The van der Waals surface area contributed by atoms with Crippen LogP contribution in [-0.2, 0) is 4.84 Å². The first-order valence-electron chi connectivity index (χ1n) is 6.58. The predicted molar refractivity (Wildman–Crippen MR) is 82.1 cm³/mol. The summed E-state index contributed by atoms with van der Waals surface area (Å²) in [6.45, 7) is 0. The van der Waals surface area contributed by atoms with Crippen LogP contribution < -0.4 is 15.2 Å². The van der Waals surface area contributed by atoms with Gasteiger partial charge < -0.3 is 20.0 Å². The molecule has 0 heterocycles. The first kappa shape index (κ1) is 16.3. The standard InChI is InChI=1S/C16H15FN2O4/c1-21-12-7-8-13(14(9-12)22-2)16(20)23-19-15(18)10-3-5-11(17)6-4-10/h3-9H,1-2H3,(H2,18,19). The van der Waals surface area contributed by atoms with Gasteiger partial charge in [0.05, 0.1) is 14.2 Å². The van der Waals surface area contributed by atoms with Gasteiger partial charge in [0.25, 0.3) is 0 Å². The highest BCUT2D eigenvalue weighted by Crippen LogP contribution is 2.25. The lowest BCUT2D eigenvalue weighted by atomic mass is 10.2. The summed E-state index contributed by atoms with van der Waals surface area (Å²) in [6.07, 6.45) is 0. The quantitative estimate of drug-likeness (QED) is 0.396. The van der Waals surface area contributed by atoms with E-state index in [2.05, 4.69) is 5.16 Å². The lowest BCUT2D eigenvalue weighted by Crippen LogP contribution is -2.15. The Morgan fingerprint density at radius 1 is 1.09 bits per heavy atom. The van der Waals surface area contributed by atoms with Crippen molar-refractivity contribution < 1.29 is 23.5 Å². The number of nitrogens with two attached hydrogens (primary N) is 1. The number of hydrogen-bond donors (Lipinski definition) is 1. The van der Waals surface area contributed by atoms with Gasteiger partial charge in [0.1, 0.15) is 22.9 Å². The fraction of sp³-hybridized carbons (Fsp3) is 0.125. The Morgan fingerprint density at radius 3 is 2.39 bits per heavy atom. The van der Waals surface area contributed by atoms with Crippen molar-refractivity contribution in [2.75, 3.05) is 14.2 Å². The molecular weight excluding hydrogens is 303 g/mol. The Balaban J connectivity index is 2.15. The average Bonchev–Trinajstić information content (AvgIpc) is 2.59. The number of ether oxygens (including phenoxy) is 2. The van der Waals surface area contributed by atoms with E-state index in [1.807, 2.05) is 0 Å². The van der Waals surface area contributed by atoms with E-state index in [1.54, 1.807) is 12.1 Å². The molecular formula is C16H15FN2O4. The third kappa shape index (κ3) is 3.97. The van der Waals surface area contributed by atoms with Crippen LogP contribution in [-0.4, -0.2) is 26.0 Å². The zero-order valence-electron chi connectivity index (χ0n) is 12.6. The van der Waals surface area contributed by atoms with Crippen molar-refractivity contribution in [2.24, 2.45) is 10.9 Å². The maximum absolute atomic E-state index is 12.8. The third-order valence-corrected chi connectivity index (χ3v) is 3.00. The Bertz CT molecular complexity index is 729. The van der Waals surface area contributed by atoms with E-state index in [0.29, 0.717) is 11.3 Å². The molecule has 0 aromatic heterocycles. The molecule has 0 saturated heterocycles. The van der Waals surface area contributed by atoms with E-state index in [4.69, 9.17) is 20.0 Å². The van der Waals surface area contributed by atoms with Crippen LogP contribution in [0.4, 0.5) is 4.39 Å². The monoisotopic (exact) mass is 318 g/mol. The third-order valence-electron chi connectivity index (χ3n) is 3.00. The number of methoxy groups -OCH3 is 2. The molecule has 120 valence electrons. The van der Waals surface area contributed by atoms with Crippen molar-refractivity contribution in [2.45, 2.75) is 0 Å². The number of benzene rings is 2. The van der Waals surface area contributed by atoms with Gasteiger partial charge in [0.15, 0.2) is 5.84 Å². The highest BCUT2D eigenvalue weighted by atomic mass is 19.1. The van der Waals surface area contributed by atoms with Crippen LogP contribution in [0.1, 0.15) is 15.9 Å². The molecule has 2 rings (SSSR count). The molecule has 7 heteroatoms. The molecule has 0 atom stereocenters. The van der Waals surface area contributed by atoms with Gasteiger partial charge in [-0.05, 0) is 36.4 Å². The topological polar surface area (TPSA) is 83.1 Å². The van der Waals surface area contributed by atoms with Gasteiger partial charge >= 0.3 is 5.97 Å². The zero-order chi connectivity index (χ0) is 16.8. The Kier molecular flexibility index (Phi) is 5.14. The molecule has 2 N–H and O–H groups in total. The minimum atomic E-state index is -0.741. The maximum Gasteiger partial charge on any atom is 0.369 e. The van der Waals surface area contributed by atoms with Crippen LogP contribution in [0.2, 0.25) is 0 Å². The fourth-order valence-corrected chi connectivity index (χ4v) is 1.78. The molecule has 2 aromatic rings. The Hall–Kier alpha value is -3.09. The van der Waals surface area contributed by atoms with Crippen LogP contribution in [0.15, 0.2) is 47.6 Å². The SMILES string of the molecule is COc1ccc(C(=O)O/N=C(\N)c2ccc(F)cc2)c(OC)c1. The van der Waals surface area contributed by atoms with E-state index in [1.165, 1.54) is 44.6 Å². The highest BCUT2D eigenvalue weighted by Gasteiger charge is 2.15. The van der Waals surface area contributed by atoms with Crippen molar-refractivity contribution in [1.82, 2.24) is 0 Å². The van der Waals surface area contributed by atoms with Gasteiger partial charge in [0.2, 0.25) is 0 Å². The Labute approximate surface area is 132 Å². The summed E-state index contributed by atoms with van der Waals surface area (Å²) < 4.78 is 23.0. The number of amidine groups is 1. The van der Waals surface area contributed by atoms with Crippen molar-refractivity contribution in [1.29, 1.82) is 0 Å². The second-order valence-corrected chi connectivity index (χ2v) is 4.43. The van der Waals surface area contributed by atoms with Crippen LogP contribution in [0, 0.1) is 5.82 Å². The minimum Gasteiger partial charge on any atom is -0.497 e. The summed E-state index contributed by atoms with van der Waals surface area (Å²) in [5.74, 6) is -0.375. The molecule has 0 aliphatic heterocycles. The van der Waals surface area contributed by atoms with E-state index in [-0.39, 0.29) is 17.1 Å². The van der Waals surface area contributed by atoms with E-state index < -0.39 is 11.8 Å². The van der Waals surface area contributed by atoms with E-state index >= 15 is 0 Å². The van der Waals surface area contributed by atoms with Crippen molar-refractivity contribution in [3.63, 3.8) is 0 Å². The van der Waals surface area contributed by atoms with Crippen LogP contribution in [0.3, 0.4) is 0 Å². The van der Waals surface area contributed by atoms with Gasteiger partial charge in [-0.15, -0.1) is 0 Å². The normalized spacial score (nSPS) is 11.0. The van der Waals surface area contributed by atoms with Gasteiger partial charge in [-0.3, -0.25) is 0 Å². The summed E-state index contributed by atoms with van der Waals surface area (Å²) in [7, 11) is 2.92. The first-order valence-corrected chi connectivity index (χ1v) is 6.58. The molecule has 0 aliphatic carbocycles. The molecule has 6 nitrogen and oxygen atoms in total. The van der Waals surface area contributed by atoms with Crippen molar-refractivity contribution >= 4 is 11.8 Å². The number of halogens is 1. The second kappa shape index (κ2) is 7.26. The number of nitrogens with zero attached hydrogens (tertiary/aromatic N) is 1. The fourth-order valence-electron chi connectivity index (χ4n) is 1.78. The minimum absolute atomic E-state index is 0.0502. The smallest absolute Gasteiger partial charge is 0.369 e. The molecule has 23 heavy (non-hydrogen) atoms. The molecule has 0 unspecified atom stereocenters. The molecule has 0 fully saturated rings. The molecule has 2 aromatic carbocycles. The van der Waals surface area contributed by atoms with Crippen LogP contribution >= 0.6 is 0 Å². The van der Waals surface area contributed by atoms with Crippen molar-refractivity contribution in [3.8, 4) is 11.5 Å². The number of oxime groups is 1.